The molecule has 0 atom stereocenters. The SMILES string of the molecule is CCOCCN1C(=O)/C(=C/c2ccc(-c3cc(Cl)ccc3Cl)o2)SC1=Nc1ccccc1. The van der Waals surface area contributed by atoms with Gasteiger partial charge >= 0.3 is 0 Å². The second-order valence-corrected chi connectivity index (χ2v) is 8.67. The number of benzene rings is 2. The lowest BCUT2D eigenvalue weighted by Gasteiger charge is -2.15. The Balaban J connectivity index is 1.62. The summed E-state index contributed by atoms with van der Waals surface area (Å²) in [7, 11) is 0. The molecule has 8 heteroatoms. The van der Waals surface area contributed by atoms with Crippen molar-refractivity contribution in [3.8, 4) is 11.3 Å². The second kappa shape index (κ2) is 10.4. The second-order valence-electron chi connectivity index (χ2n) is 6.82. The highest BCUT2D eigenvalue weighted by molar-refractivity contribution is 8.18. The zero-order chi connectivity index (χ0) is 22.5. The lowest BCUT2D eigenvalue weighted by molar-refractivity contribution is -0.122. The predicted molar refractivity (Wildman–Crippen MR) is 131 cm³/mol. The van der Waals surface area contributed by atoms with Crippen LogP contribution in [-0.2, 0) is 9.53 Å². The number of carbonyl (C=O) groups is 1. The highest BCUT2D eigenvalue weighted by atomic mass is 35.5. The number of para-hydroxylation sites is 1. The van der Waals surface area contributed by atoms with Crippen LogP contribution < -0.4 is 0 Å². The van der Waals surface area contributed by atoms with Crippen molar-refractivity contribution in [3.05, 3.63) is 81.4 Å². The van der Waals surface area contributed by atoms with Crippen molar-refractivity contribution in [2.24, 2.45) is 4.99 Å². The largest absolute Gasteiger partial charge is 0.457 e. The summed E-state index contributed by atoms with van der Waals surface area (Å²) >= 11 is 13.7. The molecule has 0 unspecified atom stereocenters. The van der Waals surface area contributed by atoms with E-state index in [0.717, 1.165) is 5.69 Å². The number of amides is 1. The van der Waals surface area contributed by atoms with Crippen LogP contribution in [0, 0.1) is 0 Å². The molecule has 0 aliphatic carbocycles. The molecule has 0 saturated carbocycles. The Morgan fingerprint density at radius 2 is 1.94 bits per heavy atom. The molecule has 1 saturated heterocycles. The molecule has 32 heavy (non-hydrogen) atoms. The van der Waals surface area contributed by atoms with Gasteiger partial charge in [0.25, 0.3) is 5.91 Å². The van der Waals surface area contributed by atoms with Crippen molar-refractivity contribution < 1.29 is 13.9 Å². The van der Waals surface area contributed by atoms with Gasteiger partial charge in [0, 0.05) is 23.3 Å². The topological polar surface area (TPSA) is 55.0 Å². The number of ether oxygens (including phenoxy) is 1. The summed E-state index contributed by atoms with van der Waals surface area (Å²) in [6.07, 6.45) is 1.72. The third kappa shape index (κ3) is 5.27. The highest BCUT2D eigenvalue weighted by Gasteiger charge is 2.33. The van der Waals surface area contributed by atoms with Gasteiger partial charge in [-0.1, -0.05) is 41.4 Å². The molecule has 0 radical (unpaired) electrons. The number of hydrogen-bond acceptors (Lipinski definition) is 5. The number of nitrogens with zero attached hydrogens (tertiary/aromatic N) is 2. The Labute approximate surface area is 200 Å². The summed E-state index contributed by atoms with van der Waals surface area (Å²) < 4.78 is 11.4. The van der Waals surface area contributed by atoms with Crippen LogP contribution in [0.3, 0.4) is 0 Å². The first kappa shape index (κ1) is 22.7. The van der Waals surface area contributed by atoms with Crippen LogP contribution in [0.5, 0.6) is 0 Å². The van der Waals surface area contributed by atoms with E-state index in [1.54, 1.807) is 41.3 Å². The van der Waals surface area contributed by atoms with Gasteiger partial charge in [0.05, 0.1) is 28.8 Å². The Kier molecular flexibility index (Phi) is 7.37. The van der Waals surface area contributed by atoms with Gasteiger partial charge in [-0.3, -0.25) is 9.69 Å². The van der Waals surface area contributed by atoms with Crippen LogP contribution >= 0.6 is 35.0 Å². The molecule has 3 aromatic rings. The molecule has 0 bridgehead atoms. The number of halogens is 2. The van der Waals surface area contributed by atoms with Gasteiger partial charge in [0.2, 0.25) is 0 Å². The summed E-state index contributed by atoms with van der Waals surface area (Å²) in [5.74, 6) is 0.979. The molecule has 4 rings (SSSR count). The average molecular weight is 487 g/mol. The fourth-order valence-corrected chi connectivity index (χ4v) is 4.48. The van der Waals surface area contributed by atoms with E-state index in [0.29, 0.717) is 57.0 Å². The number of hydrogen-bond donors (Lipinski definition) is 0. The lowest BCUT2D eigenvalue weighted by Crippen LogP contribution is -2.32. The number of carbonyl (C=O) groups excluding carboxylic acids is 1. The molecule has 1 aliphatic rings. The van der Waals surface area contributed by atoms with E-state index in [2.05, 4.69) is 4.99 Å². The van der Waals surface area contributed by atoms with E-state index in [-0.39, 0.29) is 5.91 Å². The van der Waals surface area contributed by atoms with Crippen LogP contribution in [0.1, 0.15) is 12.7 Å². The number of furan rings is 1. The maximum absolute atomic E-state index is 13.1. The standard InChI is InChI=1S/C24H20Cl2N2O3S/c1-2-30-13-12-28-23(29)22(32-24(28)27-17-6-4-3-5-7-17)15-18-9-11-21(31-18)19-14-16(25)8-10-20(19)26/h3-11,14-15H,2,12-13H2,1H3/b22-15-,27-24?. The van der Waals surface area contributed by atoms with Crippen LogP contribution in [0.4, 0.5) is 5.69 Å². The number of aliphatic imine (C=N–C) groups is 1. The van der Waals surface area contributed by atoms with Crippen LogP contribution in [0.2, 0.25) is 10.0 Å². The fourth-order valence-electron chi connectivity index (χ4n) is 3.09. The monoisotopic (exact) mass is 486 g/mol. The van der Waals surface area contributed by atoms with Gasteiger partial charge in [-0.15, -0.1) is 0 Å². The molecular weight excluding hydrogens is 467 g/mol. The molecular formula is C24H20Cl2N2O3S. The number of thioether (sulfide) groups is 1. The Morgan fingerprint density at radius 1 is 1.12 bits per heavy atom. The molecule has 2 aromatic carbocycles. The first-order chi connectivity index (χ1) is 15.5. The van der Waals surface area contributed by atoms with Gasteiger partial charge in [0.1, 0.15) is 11.5 Å². The Hall–Kier alpha value is -2.51. The minimum atomic E-state index is -0.136. The first-order valence-corrected chi connectivity index (χ1v) is 11.6. The molecule has 0 N–H and O–H groups in total. The van der Waals surface area contributed by atoms with Crippen molar-refractivity contribution in [2.75, 3.05) is 19.8 Å². The molecule has 1 amide bonds. The maximum Gasteiger partial charge on any atom is 0.266 e. The fraction of sp³-hybridized carbons (Fsp3) is 0.167. The normalized spacial score (nSPS) is 16.5. The summed E-state index contributed by atoms with van der Waals surface area (Å²) in [4.78, 5) is 19.9. The summed E-state index contributed by atoms with van der Waals surface area (Å²) in [5.41, 5.74) is 1.47. The van der Waals surface area contributed by atoms with Crippen molar-refractivity contribution in [3.63, 3.8) is 0 Å². The third-order valence-electron chi connectivity index (χ3n) is 4.63. The van der Waals surface area contributed by atoms with E-state index < -0.39 is 0 Å². The van der Waals surface area contributed by atoms with Crippen molar-refractivity contribution in [2.45, 2.75) is 6.92 Å². The third-order valence-corrected chi connectivity index (χ3v) is 6.20. The summed E-state index contributed by atoms with van der Waals surface area (Å²) in [6, 6.07) is 18.3. The Bertz CT molecular complexity index is 1170. The summed E-state index contributed by atoms with van der Waals surface area (Å²) in [6.45, 7) is 3.36. The molecule has 1 aliphatic heterocycles. The molecule has 1 fully saturated rings. The van der Waals surface area contributed by atoms with Gasteiger partial charge in [0.15, 0.2) is 5.17 Å². The van der Waals surface area contributed by atoms with Gasteiger partial charge in [-0.25, -0.2) is 4.99 Å². The van der Waals surface area contributed by atoms with Gasteiger partial charge in [-0.2, -0.15) is 0 Å². The lowest BCUT2D eigenvalue weighted by atomic mass is 10.2. The number of rotatable bonds is 7. The van der Waals surface area contributed by atoms with E-state index >= 15 is 0 Å². The maximum atomic E-state index is 13.1. The molecule has 164 valence electrons. The van der Waals surface area contributed by atoms with Crippen LogP contribution in [0.25, 0.3) is 17.4 Å². The zero-order valence-corrected chi connectivity index (χ0v) is 19.6. The minimum Gasteiger partial charge on any atom is -0.457 e. The van der Waals surface area contributed by atoms with E-state index in [1.807, 2.05) is 37.3 Å². The highest BCUT2D eigenvalue weighted by Crippen LogP contribution is 2.36. The van der Waals surface area contributed by atoms with Crippen LogP contribution in [-0.4, -0.2) is 35.7 Å². The van der Waals surface area contributed by atoms with Gasteiger partial charge in [-0.05, 0) is 61.2 Å². The van der Waals surface area contributed by atoms with E-state index in [9.17, 15) is 4.79 Å². The minimum absolute atomic E-state index is 0.136. The van der Waals surface area contributed by atoms with Gasteiger partial charge < -0.3 is 9.15 Å². The molecule has 1 aromatic heterocycles. The van der Waals surface area contributed by atoms with E-state index in [1.165, 1.54) is 11.8 Å². The molecule has 0 spiro atoms. The van der Waals surface area contributed by atoms with Crippen molar-refractivity contribution >= 4 is 57.8 Å². The zero-order valence-electron chi connectivity index (χ0n) is 17.3. The van der Waals surface area contributed by atoms with Crippen molar-refractivity contribution in [1.29, 1.82) is 0 Å². The quantitative estimate of drug-likeness (QED) is 0.269. The van der Waals surface area contributed by atoms with Crippen LogP contribution in [0.15, 0.2) is 75.0 Å². The predicted octanol–water partition coefficient (Wildman–Crippen LogP) is 6.89. The average Bonchev–Trinajstić information content (AvgIpc) is 3.36. The number of amidine groups is 1. The van der Waals surface area contributed by atoms with E-state index in [4.69, 9.17) is 32.4 Å². The first-order valence-electron chi connectivity index (χ1n) is 10.0. The molecule has 2 heterocycles. The van der Waals surface area contributed by atoms with Crippen molar-refractivity contribution in [1.82, 2.24) is 4.90 Å². The smallest absolute Gasteiger partial charge is 0.266 e. The molecule has 5 nitrogen and oxygen atoms in total. The summed E-state index contributed by atoms with van der Waals surface area (Å²) in [5, 5.41) is 1.71. The Morgan fingerprint density at radius 3 is 2.72 bits per heavy atom.